The van der Waals surface area contributed by atoms with Crippen LogP contribution < -0.4 is 19.7 Å². The van der Waals surface area contributed by atoms with Gasteiger partial charge in [0.1, 0.15) is 18.0 Å². The summed E-state index contributed by atoms with van der Waals surface area (Å²) in [6.45, 7) is 2.27. The van der Waals surface area contributed by atoms with Gasteiger partial charge in [0.2, 0.25) is 0 Å². The maximum atomic E-state index is 13.3. The van der Waals surface area contributed by atoms with Gasteiger partial charge in [-0.15, -0.1) is 0 Å². The summed E-state index contributed by atoms with van der Waals surface area (Å²) < 4.78 is 25.4. The third-order valence-electron chi connectivity index (χ3n) is 5.39. The molecule has 194 valence electrons. The first-order valence-electron chi connectivity index (χ1n) is 11.3. The lowest BCUT2D eigenvalue weighted by molar-refractivity contribution is -0.122. The fraction of sp³-hybridized carbons (Fsp3) is 0.111. The quantitative estimate of drug-likeness (QED) is 0.211. The Labute approximate surface area is 230 Å². The van der Waals surface area contributed by atoms with E-state index >= 15 is 0 Å². The molecule has 0 saturated carbocycles. The number of amides is 2. The fourth-order valence-electron chi connectivity index (χ4n) is 3.65. The molecule has 0 spiro atoms. The molecule has 0 radical (unpaired) electrons. The molecule has 1 heterocycles. The molecule has 2 N–H and O–H groups in total. The largest absolute Gasteiger partial charge is 0.490 e. The summed E-state index contributed by atoms with van der Waals surface area (Å²) in [5.41, 5.74) is 1.15. The highest BCUT2D eigenvalue weighted by Crippen LogP contribution is 2.38. The van der Waals surface area contributed by atoms with Crippen molar-refractivity contribution in [1.29, 1.82) is 0 Å². The number of rotatable bonds is 8. The maximum Gasteiger partial charge on any atom is 0.335 e. The van der Waals surface area contributed by atoms with Crippen molar-refractivity contribution in [3.05, 3.63) is 93.2 Å². The standard InChI is InChI=1S/C27H20BrFN2O6S/c1-2-36-22-12-16(11-21(28)23(22)37-14-15-6-8-18(29)9-7-15)10-20-24(32)30-27(38)31(25(20)33)19-5-3-4-17(13-19)26(34)35/h3-13H,2,14H2,1H3,(H,34,35)(H,30,32,38). The Morgan fingerprint density at radius 3 is 2.55 bits per heavy atom. The molecule has 0 bridgehead atoms. The Bertz CT molecular complexity index is 1470. The monoisotopic (exact) mass is 598 g/mol. The third kappa shape index (κ3) is 5.90. The Morgan fingerprint density at radius 2 is 1.87 bits per heavy atom. The lowest BCUT2D eigenvalue weighted by Gasteiger charge is -2.29. The summed E-state index contributed by atoms with van der Waals surface area (Å²) in [6.07, 6.45) is 1.38. The van der Waals surface area contributed by atoms with Crippen LogP contribution in [0.15, 0.2) is 70.7 Å². The summed E-state index contributed by atoms with van der Waals surface area (Å²) in [6, 6.07) is 14.8. The first kappa shape index (κ1) is 27.0. The number of nitrogens with zero attached hydrogens (tertiary/aromatic N) is 1. The van der Waals surface area contributed by atoms with Crippen molar-refractivity contribution in [2.75, 3.05) is 11.5 Å². The van der Waals surface area contributed by atoms with Crippen LogP contribution >= 0.6 is 28.1 Å². The van der Waals surface area contributed by atoms with Crippen LogP contribution in [-0.4, -0.2) is 34.6 Å². The van der Waals surface area contributed by atoms with E-state index in [4.69, 9.17) is 21.7 Å². The number of nitrogens with one attached hydrogen (secondary N) is 1. The smallest absolute Gasteiger partial charge is 0.335 e. The lowest BCUT2D eigenvalue weighted by atomic mass is 10.1. The average Bonchev–Trinajstić information content (AvgIpc) is 2.87. The summed E-state index contributed by atoms with van der Waals surface area (Å²) in [4.78, 5) is 38.5. The molecular formula is C27H20BrFN2O6S. The third-order valence-corrected chi connectivity index (χ3v) is 6.27. The lowest BCUT2D eigenvalue weighted by Crippen LogP contribution is -2.54. The van der Waals surface area contributed by atoms with Crippen molar-refractivity contribution >= 4 is 62.8 Å². The number of carbonyl (C=O) groups excluding carboxylic acids is 2. The minimum Gasteiger partial charge on any atom is -0.490 e. The molecule has 8 nitrogen and oxygen atoms in total. The Hall–Kier alpha value is -4.09. The van der Waals surface area contributed by atoms with Crippen molar-refractivity contribution < 1.29 is 33.4 Å². The maximum absolute atomic E-state index is 13.3. The van der Waals surface area contributed by atoms with Gasteiger partial charge in [0.15, 0.2) is 16.6 Å². The highest BCUT2D eigenvalue weighted by atomic mass is 79.9. The second kappa shape index (κ2) is 11.5. The van der Waals surface area contributed by atoms with Crippen LogP contribution in [0.25, 0.3) is 6.08 Å². The highest BCUT2D eigenvalue weighted by molar-refractivity contribution is 9.10. The van der Waals surface area contributed by atoms with E-state index in [1.165, 1.54) is 42.5 Å². The Balaban J connectivity index is 1.66. The number of ether oxygens (including phenoxy) is 2. The van der Waals surface area contributed by atoms with Crippen LogP contribution in [0.4, 0.5) is 10.1 Å². The van der Waals surface area contributed by atoms with Gasteiger partial charge in [-0.2, -0.15) is 0 Å². The second-order valence-corrected chi connectivity index (χ2v) is 9.23. The molecule has 2 amide bonds. The van der Waals surface area contributed by atoms with Crippen molar-refractivity contribution in [3.63, 3.8) is 0 Å². The molecule has 1 aliphatic heterocycles. The van der Waals surface area contributed by atoms with Crippen molar-refractivity contribution in [2.24, 2.45) is 0 Å². The van der Waals surface area contributed by atoms with Crippen LogP contribution in [0.2, 0.25) is 0 Å². The van der Waals surface area contributed by atoms with Gasteiger partial charge in [0, 0.05) is 0 Å². The summed E-state index contributed by atoms with van der Waals surface area (Å²) in [5, 5.41) is 11.6. The van der Waals surface area contributed by atoms with Gasteiger partial charge in [-0.25, -0.2) is 9.18 Å². The van der Waals surface area contributed by atoms with Crippen LogP contribution in [0, 0.1) is 5.82 Å². The molecule has 38 heavy (non-hydrogen) atoms. The van der Waals surface area contributed by atoms with Crippen LogP contribution in [0.1, 0.15) is 28.4 Å². The normalized spacial score (nSPS) is 14.4. The molecule has 0 aliphatic carbocycles. The minimum atomic E-state index is -1.17. The number of aromatic carboxylic acids is 1. The summed E-state index contributed by atoms with van der Waals surface area (Å²) >= 11 is 8.65. The molecular weight excluding hydrogens is 579 g/mol. The second-order valence-electron chi connectivity index (χ2n) is 7.99. The zero-order chi connectivity index (χ0) is 27.4. The molecule has 1 saturated heterocycles. The Kier molecular flexibility index (Phi) is 8.18. The van der Waals surface area contributed by atoms with Gasteiger partial charge < -0.3 is 14.6 Å². The van der Waals surface area contributed by atoms with E-state index in [0.717, 1.165) is 10.5 Å². The molecule has 1 aliphatic rings. The Morgan fingerprint density at radius 1 is 1.13 bits per heavy atom. The van der Waals surface area contributed by atoms with E-state index in [1.807, 2.05) is 0 Å². The van der Waals surface area contributed by atoms with Gasteiger partial charge in [0.05, 0.1) is 22.3 Å². The minimum absolute atomic E-state index is 0.0398. The zero-order valence-electron chi connectivity index (χ0n) is 19.9. The number of anilines is 1. The van der Waals surface area contributed by atoms with Crippen LogP contribution in [0.3, 0.4) is 0 Å². The number of carboxylic acids is 1. The highest BCUT2D eigenvalue weighted by Gasteiger charge is 2.35. The predicted octanol–water partition coefficient (Wildman–Crippen LogP) is 5.10. The zero-order valence-corrected chi connectivity index (χ0v) is 22.3. The van der Waals surface area contributed by atoms with Gasteiger partial charge in [-0.1, -0.05) is 18.2 Å². The van der Waals surface area contributed by atoms with E-state index in [9.17, 15) is 23.9 Å². The fourth-order valence-corrected chi connectivity index (χ4v) is 4.50. The average molecular weight is 599 g/mol. The molecule has 11 heteroatoms. The van der Waals surface area contributed by atoms with Gasteiger partial charge in [-0.05, 0) is 94.7 Å². The van der Waals surface area contributed by atoms with E-state index in [-0.39, 0.29) is 34.4 Å². The van der Waals surface area contributed by atoms with Gasteiger partial charge >= 0.3 is 5.97 Å². The molecule has 0 unspecified atom stereocenters. The SMILES string of the molecule is CCOc1cc(C=C2C(=O)NC(=S)N(c3cccc(C(=O)O)c3)C2=O)cc(Br)c1OCc1ccc(F)cc1. The number of halogens is 2. The van der Waals surface area contributed by atoms with Crippen molar-refractivity contribution in [3.8, 4) is 11.5 Å². The summed E-state index contributed by atoms with van der Waals surface area (Å²) in [7, 11) is 0. The van der Waals surface area contributed by atoms with Gasteiger partial charge in [0.25, 0.3) is 11.8 Å². The number of thiocarbonyl (C=S) groups is 1. The topological polar surface area (TPSA) is 105 Å². The van der Waals surface area contributed by atoms with Crippen LogP contribution in [0.5, 0.6) is 11.5 Å². The van der Waals surface area contributed by atoms with Crippen molar-refractivity contribution in [2.45, 2.75) is 13.5 Å². The number of hydrogen-bond donors (Lipinski definition) is 2. The van der Waals surface area contributed by atoms with E-state index in [1.54, 1.807) is 31.2 Å². The molecule has 4 rings (SSSR count). The summed E-state index contributed by atoms with van der Waals surface area (Å²) in [5.74, 6) is -2.18. The number of hydrogen-bond acceptors (Lipinski definition) is 6. The van der Waals surface area contributed by atoms with Gasteiger partial charge in [-0.3, -0.25) is 19.8 Å². The van der Waals surface area contributed by atoms with E-state index < -0.39 is 17.8 Å². The van der Waals surface area contributed by atoms with E-state index in [2.05, 4.69) is 21.2 Å². The molecule has 0 aromatic heterocycles. The molecule has 0 atom stereocenters. The molecule has 3 aromatic rings. The molecule has 3 aromatic carbocycles. The van der Waals surface area contributed by atoms with E-state index in [0.29, 0.717) is 28.1 Å². The first-order valence-corrected chi connectivity index (χ1v) is 12.5. The number of carbonyl (C=O) groups is 3. The predicted molar refractivity (Wildman–Crippen MR) is 146 cm³/mol. The molecule has 1 fully saturated rings. The number of benzene rings is 3. The number of carboxylic acid groups (broad SMARTS) is 1. The first-order chi connectivity index (χ1) is 18.2. The van der Waals surface area contributed by atoms with Crippen LogP contribution in [-0.2, 0) is 16.2 Å². The van der Waals surface area contributed by atoms with Crippen molar-refractivity contribution in [1.82, 2.24) is 5.32 Å².